The second-order valence-corrected chi connectivity index (χ2v) is 5.99. The summed E-state index contributed by atoms with van der Waals surface area (Å²) in [6.45, 7) is 10.1. The average Bonchev–Trinajstić information content (AvgIpc) is 2.25. The lowest BCUT2D eigenvalue weighted by Crippen LogP contribution is -2.30. The van der Waals surface area contributed by atoms with Crippen LogP contribution in [0.2, 0.25) is 0 Å². The summed E-state index contributed by atoms with van der Waals surface area (Å²) in [7, 11) is 4.18. The third-order valence-corrected chi connectivity index (χ3v) is 2.96. The fraction of sp³-hybridized carbons (Fsp3) is 0.600. The fourth-order valence-electron chi connectivity index (χ4n) is 2.15. The first-order valence-electron chi connectivity index (χ1n) is 6.32. The topological polar surface area (TPSA) is 15.3 Å². The van der Waals surface area contributed by atoms with Gasteiger partial charge < -0.3 is 10.2 Å². The maximum absolute atomic E-state index is 3.31. The van der Waals surface area contributed by atoms with Crippen LogP contribution in [0.1, 0.15) is 39.3 Å². The second kappa shape index (κ2) is 5.54. The van der Waals surface area contributed by atoms with Crippen molar-refractivity contribution in [2.24, 2.45) is 5.41 Å². The molecule has 2 nitrogen and oxygen atoms in total. The molecule has 0 saturated carbocycles. The molecule has 0 saturated heterocycles. The van der Waals surface area contributed by atoms with Crippen molar-refractivity contribution in [3.8, 4) is 0 Å². The fourth-order valence-corrected chi connectivity index (χ4v) is 2.15. The highest BCUT2D eigenvalue weighted by atomic mass is 15.1. The zero-order valence-corrected chi connectivity index (χ0v) is 12.0. The normalized spacial score (nSPS) is 13.5. The van der Waals surface area contributed by atoms with Crippen LogP contribution in [0.5, 0.6) is 0 Å². The molecule has 2 heteroatoms. The van der Waals surface area contributed by atoms with Crippen molar-refractivity contribution < 1.29 is 0 Å². The van der Waals surface area contributed by atoms with E-state index in [1.165, 1.54) is 11.3 Å². The standard InChI is InChI=1S/C15H26N2/c1-12(16-5)13-9-7-8-10-14(13)17(6)11-15(2,3)4/h7-10,12,16H,11H2,1-6H3. The molecule has 0 spiro atoms. The van der Waals surface area contributed by atoms with E-state index in [4.69, 9.17) is 0 Å². The van der Waals surface area contributed by atoms with Crippen molar-refractivity contribution in [2.45, 2.75) is 33.7 Å². The van der Waals surface area contributed by atoms with Gasteiger partial charge >= 0.3 is 0 Å². The zero-order valence-electron chi connectivity index (χ0n) is 12.0. The van der Waals surface area contributed by atoms with Gasteiger partial charge in [-0.25, -0.2) is 0 Å². The molecular formula is C15H26N2. The number of hydrogen-bond acceptors (Lipinski definition) is 2. The Labute approximate surface area is 106 Å². The monoisotopic (exact) mass is 234 g/mol. The lowest BCUT2D eigenvalue weighted by Gasteiger charge is -2.31. The lowest BCUT2D eigenvalue weighted by molar-refractivity contribution is 0.418. The summed E-state index contributed by atoms with van der Waals surface area (Å²) in [5, 5.41) is 3.31. The van der Waals surface area contributed by atoms with Crippen LogP contribution < -0.4 is 10.2 Å². The Morgan fingerprint density at radius 1 is 1.24 bits per heavy atom. The van der Waals surface area contributed by atoms with Crippen LogP contribution >= 0.6 is 0 Å². The molecule has 17 heavy (non-hydrogen) atoms. The van der Waals surface area contributed by atoms with E-state index in [9.17, 15) is 0 Å². The first-order chi connectivity index (χ1) is 7.85. The van der Waals surface area contributed by atoms with Crippen molar-refractivity contribution >= 4 is 5.69 Å². The Morgan fingerprint density at radius 3 is 2.35 bits per heavy atom. The largest absolute Gasteiger partial charge is 0.374 e. The number of nitrogens with one attached hydrogen (secondary N) is 1. The first-order valence-corrected chi connectivity index (χ1v) is 6.32. The van der Waals surface area contributed by atoms with Gasteiger partial charge in [-0.2, -0.15) is 0 Å². The summed E-state index contributed by atoms with van der Waals surface area (Å²) >= 11 is 0. The lowest BCUT2D eigenvalue weighted by atomic mass is 9.95. The van der Waals surface area contributed by atoms with E-state index in [1.54, 1.807) is 0 Å². The molecule has 0 radical (unpaired) electrons. The molecule has 1 aromatic rings. The predicted molar refractivity (Wildman–Crippen MR) is 76.6 cm³/mol. The van der Waals surface area contributed by atoms with Gasteiger partial charge in [0.2, 0.25) is 0 Å². The average molecular weight is 234 g/mol. The van der Waals surface area contributed by atoms with Crippen molar-refractivity contribution in [3.05, 3.63) is 29.8 Å². The van der Waals surface area contributed by atoms with Gasteiger partial charge in [0.1, 0.15) is 0 Å². The van der Waals surface area contributed by atoms with E-state index in [0.29, 0.717) is 11.5 Å². The van der Waals surface area contributed by atoms with Gasteiger partial charge in [-0.3, -0.25) is 0 Å². The van der Waals surface area contributed by atoms with Crippen LogP contribution in [0.15, 0.2) is 24.3 Å². The zero-order chi connectivity index (χ0) is 13.1. The molecule has 0 bridgehead atoms. The van der Waals surface area contributed by atoms with Gasteiger partial charge in [-0.05, 0) is 31.0 Å². The summed E-state index contributed by atoms with van der Waals surface area (Å²) < 4.78 is 0. The second-order valence-electron chi connectivity index (χ2n) is 5.99. The molecule has 1 rings (SSSR count). The Balaban J connectivity index is 2.97. The Hall–Kier alpha value is -1.02. The molecule has 96 valence electrons. The van der Waals surface area contributed by atoms with Gasteiger partial charge in [0.25, 0.3) is 0 Å². The number of nitrogens with zero attached hydrogens (tertiary/aromatic N) is 1. The van der Waals surface area contributed by atoms with E-state index in [-0.39, 0.29) is 0 Å². The van der Waals surface area contributed by atoms with E-state index in [1.807, 2.05) is 7.05 Å². The molecule has 1 aromatic carbocycles. The minimum absolute atomic E-state index is 0.310. The van der Waals surface area contributed by atoms with Crippen molar-refractivity contribution in [1.82, 2.24) is 5.32 Å². The summed E-state index contributed by atoms with van der Waals surface area (Å²) in [5.41, 5.74) is 3.00. The molecule has 0 amide bonds. The van der Waals surface area contributed by atoms with Crippen LogP contribution in [-0.2, 0) is 0 Å². The van der Waals surface area contributed by atoms with Crippen molar-refractivity contribution in [3.63, 3.8) is 0 Å². The molecular weight excluding hydrogens is 208 g/mol. The highest BCUT2D eigenvalue weighted by molar-refractivity contribution is 5.54. The summed E-state index contributed by atoms with van der Waals surface area (Å²) in [4.78, 5) is 2.35. The molecule has 0 aliphatic heterocycles. The van der Waals surface area contributed by atoms with Crippen LogP contribution in [-0.4, -0.2) is 20.6 Å². The van der Waals surface area contributed by atoms with Gasteiger partial charge in [-0.15, -0.1) is 0 Å². The molecule has 0 heterocycles. The highest BCUT2D eigenvalue weighted by Crippen LogP contribution is 2.27. The van der Waals surface area contributed by atoms with Crippen LogP contribution in [0.25, 0.3) is 0 Å². The molecule has 0 aliphatic rings. The summed E-state index contributed by atoms with van der Waals surface area (Å²) in [5.74, 6) is 0. The number of anilines is 1. The maximum Gasteiger partial charge on any atom is 0.0412 e. The smallest absolute Gasteiger partial charge is 0.0412 e. The Kier molecular flexibility index (Phi) is 4.58. The van der Waals surface area contributed by atoms with E-state index in [2.05, 4.69) is 69.2 Å². The number of hydrogen-bond donors (Lipinski definition) is 1. The van der Waals surface area contributed by atoms with Gasteiger partial charge in [0.05, 0.1) is 0 Å². The third-order valence-electron chi connectivity index (χ3n) is 2.96. The first kappa shape index (κ1) is 14.0. The van der Waals surface area contributed by atoms with Crippen LogP contribution in [0, 0.1) is 5.41 Å². The van der Waals surface area contributed by atoms with Crippen molar-refractivity contribution in [1.29, 1.82) is 0 Å². The number of benzene rings is 1. The van der Waals surface area contributed by atoms with Gasteiger partial charge in [0, 0.05) is 25.3 Å². The molecule has 0 aromatic heterocycles. The summed E-state index contributed by atoms with van der Waals surface area (Å²) in [6.07, 6.45) is 0. The molecule has 1 unspecified atom stereocenters. The minimum Gasteiger partial charge on any atom is -0.374 e. The molecule has 1 N–H and O–H groups in total. The maximum atomic E-state index is 3.31. The SMILES string of the molecule is CNC(C)c1ccccc1N(C)CC(C)(C)C. The predicted octanol–water partition coefficient (Wildman–Crippen LogP) is 3.45. The highest BCUT2D eigenvalue weighted by Gasteiger charge is 2.17. The minimum atomic E-state index is 0.310. The Morgan fingerprint density at radius 2 is 1.82 bits per heavy atom. The molecule has 0 fully saturated rings. The van der Waals surface area contributed by atoms with E-state index < -0.39 is 0 Å². The van der Waals surface area contributed by atoms with Gasteiger partial charge in [-0.1, -0.05) is 39.0 Å². The van der Waals surface area contributed by atoms with Crippen LogP contribution in [0.3, 0.4) is 0 Å². The van der Waals surface area contributed by atoms with Crippen molar-refractivity contribution in [2.75, 3.05) is 25.5 Å². The number of rotatable bonds is 4. The Bertz CT molecular complexity index is 352. The van der Waals surface area contributed by atoms with E-state index in [0.717, 1.165) is 6.54 Å². The van der Waals surface area contributed by atoms with Gasteiger partial charge in [0.15, 0.2) is 0 Å². The number of para-hydroxylation sites is 1. The third kappa shape index (κ3) is 4.04. The molecule has 0 aliphatic carbocycles. The molecule has 1 atom stereocenters. The van der Waals surface area contributed by atoms with Crippen LogP contribution in [0.4, 0.5) is 5.69 Å². The summed E-state index contributed by atoms with van der Waals surface area (Å²) in [6, 6.07) is 9.01. The quantitative estimate of drug-likeness (QED) is 0.858. The van der Waals surface area contributed by atoms with E-state index >= 15 is 0 Å².